The predicted molar refractivity (Wildman–Crippen MR) is 117 cm³/mol. The zero-order valence-electron chi connectivity index (χ0n) is 18.3. The molecule has 1 saturated carbocycles. The molecule has 5 heteroatoms. The van der Waals surface area contributed by atoms with Crippen LogP contribution in [0.4, 0.5) is 5.69 Å². The topological polar surface area (TPSA) is 50.8 Å². The smallest absolute Gasteiger partial charge is 0.256 e. The second kappa shape index (κ2) is 11.0. The fraction of sp³-hybridized carbons (Fsp3) is 0.708. The first-order chi connectivity index (χ1) is 14.1. The number of likely N-dealkylation sites (tertiary alicyclic amines) is 1. The van der Waals surface area contributed by atoms with Crippen LogP contribution in [0.15, 0.2) is 24.3 Å². The minimum absolute atomic E-state index is 0.00266. The SMILES string of the molecule is CCCOC1(C(=O)Nc2ccc(OCCCN3CCCC3)cc2)CCC(C)CC1. The maximum atomic E-state index is 13.1. The number of ether oxygens (including phenoxy) is 2. The van der Waals surface area contributed by atoms with Gasteiger partial charge < -0.3 is 19.7 Å². The molecule has 2 aliphatic rings. The average molecular weight is 403 g/mol. The van der Waals surface area contributed by atoms with Crippen LogP contribution in [0.2, 0.25) is 0 Å². The van der Waals surface area contributed by atoms with Crippen molar-refractivity contribution in [3.05, 3.63) is 24.3 Å². The van der Waals surface area contributed by atoms with Crippen molar-refractivity contribution in [1.82, 2.24) is 4.90 Å². The molecule has 162 valence electrons. The summed E-state index contributed by atoms with van der Waals surface area (Å²) in [6, 6.07) is 7.72. The number of rotatable bonds is 10. The Kier molecular flexibility index (Phi) is 8.37. The Balaban J connectivity index is 1.47. The molecule has 0 unspecified atom stereocenters. The third kappa shape index (κ3) is 6.45. The number of carbonyl (C=O) groups excluding carboxylic acids is 1. The van der Waals surface area contributed by atoms with E-state index < -0.39 is 5.60 Å². The first-order valence-corrected chi connectivity index (χ1v) is 11.5. The van der Waals surface area contributed by atoms with Crippen LogP contribution in [-0.2, 0) is 9.53 Å². The van der Waals surface area contributed by atoms with Crippen molar-refractivity contribution in [1.29, 1.82) is 0 Å². The van der Waals surface area contributed by atoms with Crippen molar-refractivity contribution in [3.8, 4) is 5.75 Å². The first kappa shape index (κ1) is 22.1. The van der Waals surface area contributed by atoms with Gasteiger partial charge in [0.2, 0.25) is 0 Å². The summed E-state index contributed by atoms with van der Waals surface area (Å²) in [5.74, 6) is 1.52. The van der Waals surface area contributed by atoms with Crippen molar-refractivity contribution >= 4 is 11.6 Å². The molecule has 0 spiro atoms. The van der Waals surface area contributed by atoms with Gasteiger partial charge in [-0.2, -0.15) is 0 Å². The van der Waals surface area contributed by atoms with Gasteiger partial charge in [-0.15, -0.1) is 0 Å². The van der Waals surface area contributed by atoms with E-state index in [4.69, 9.17) is 9.47 Å². The van der Waals surface area contributed by atoms with E-state index in [9.17, 15) is 4.79 Å². The minimum atomic E-state index is -0.673. The fourth-order valence-electron chi connectivity index (χ4n) is 4.33. The molecule has 0 bridgehead atoms. The third-order valence-electron chi connectivity index (χ3n) is 6.28. The van der Waals surface area contributed by atoms with Crippen molar-refractivity contribution < 1.29 is 14.3 Å². The van der Waals surface area contributed by atoms with Crippen molar-refractivity contribution in [3.63, 3.8) is 0 Å². The van der Waals surface area contributed by atoms with E-state index in [0.29, 0.717) is 12.5 Å². The summed E-state index contributed by atoms with van der Waals surface area (Å²) in [7, 11) is 0. The molecule has 3 rings (SSSR count). The standard InChI is InChI=1S/C24H38N2O3/c1-3-18-29-24(13-11-20(2)12-14-24)23(27)25-21-7-9-22(10-8-21)28-19-6-17-26-15-4-5-16-26/h7-10,20H,3-6,11-19H2,1-2H3,(H,25,27). The number of amides is 1. The molecule has 1 aliphatic heterocycles. The normalized spacial score (nSPS) is 25.1. The van der Waals surface area contributed by atoms with Crippen LogP contribution in [0.1, 0.15) is 65.2 Å². The maximum absolute atomic E-state index is 13.1. The molecule has 1 aromatic carbocycles. The van der Waals surface area contributed by atoms with E-state index >= 15 is 0 Å². The Bertz CT molecular complexity index is 612. The zero-order chi connectivity index (χ0) is 20.5. The van der Waals surface area contributed by atoms with Gasteiger partial charge in [-0.3, -0.25) is 4.79 Å². The highest BCUT2D eigenvalue weighted by atomic mass is 16.5. The molecule has 1 saturated heterocycles. The number of hydrogen-bond donors (Lipinski definition) is 1. The van der Waals surface area contributed by atoms with Gasteiger partial charge in [0.15, 0.2) is 0 Å². The van der Waals surface area contributed by atoms with Gasteiger partial charge in [0.1, 0.15) is 11.4 Å². The molecule has 0 radical (unpaired) electrons. The van der Waals surface area contributed by atoms with Gasteiger partial charge in [0.05, 0.1) is 6.61 Å². The van der Waals surface area contributed by atoms with Crippen LogP contribution >= 0.6 is 0 Å². The van der Waals surface area contributed by atoms with Gasteiger partial charge in [-0.25, -0.2) is 0 Å². The molecule has 29 heavy (non-hydrogen) atoms. The van der Waals surface area contributed by atoms with Crippen LogP contribution in [0, 0.1) is 5.92 Å². The monoisotopic (exact) mass is 402 g/mol. The zero-order valence-corrected chi connectivity index (χ0v) is 18.3. The second-order valence-corrected chi connectivity index (χ2v) is 8.75. The first-order valence-electron chi connectivity index (χ1n) is 11.5. The Morgan fingerprint density at radius 2 is 1.83 bits per heavy atom. The summed E-state index contributed by atoms with van der Waals surface area (Å²) in [5, 5.41) is 3.08. The fourth-order valence-corrected chi connectivity index (χ4v) is 4.33. The maximum Gasteiger partial charge on any atom is 0.256 e. The van der Waals surface area contributed by atoms with Gasteiger partial charge in [0, 0.05) is 18.8 Å². The lowest BCUT2D eigenvalue weighted by atomic mass is 9.78. The van der Waals surface area contributed by atoms with E-state index in [1.54, 1.807) is 0 Å². The van der Waals surface area contributed by atoms with Crippen LogP contribution in [0.3, 0.4) is 0 Å². The van der Waals surface area contributed by atoms with E-state index in [1.807, 2.05) is 24.3 Å². The van der Waals surface area contributed by atoms with E-state index in [-0.39, 0.29) is 5.91 Å². The van der Waals surface area contributed by atoms with E-state index in [1.165, 1.54) is 25.9 Å². The number of hydrogen-bond acceptors (Lipinski definition) is 4. The van der Waals surface area contributed by atoms with Crippen LogP contribution in [0.5, 0.6) is 5.75 Å². The number of benzene rings is 1. The number of nitrogens with one attached hydrogen (secondary N) is 1. The molecule has 1 heterocycles. The molecule has 0 aromatic heterocycles. The molecule has 1 N–H and O–H groups in total. The highest BCUT2D eigenvalue weighted by molar-refractivity contribution is 5.97. The summed E-state index contributed by atoms with van der Waals surface area (Å²) in [6.07, 6.45) is 8.33. The molecule has 1 amide bonds. The van der Waals surface area contributed by atoms with Crippen molar-refractivity contribution in [2.75, 3.05) is 38.2 Å². The highest BCUT2D eigenvalue weighted by Crippen LogP contribution is 2.36. The van der Waals surface area contributed by atoms with Crippen LogP contribution < -0.4 is 10.1 Å². The third-order valence-corrected chi connectivity index (χ3v) is 6.28. The molecule has 5 nitrogen and oxygen atoms in total. The largest absolute Gasteiger partial charge is 0.494 e. The summed E-state index contributed by atoms with van der Waals surface area (Å²) >= 11 is 0. The Morgan fingerprint density at radius 3 is 2.48 bits per heavy atom. The average Bonchev–Trinajstić information content (AvgIpc) is 3.26. The van der Waals surface area contributed by atoms with Crippen molar-refractivity contribution in [2.45, 2.75) is 70.8 Å². The molecular formula is C24H38N2O3. The Hall–Kier alpha value is -1.59. The van der Waals surface area contributed by atoms with Gasteiger partial charge in [-0.05, 0) is 94.6 Å². The lowest BCUT2D eigenvalue weighted by Gasteiger charge is -2.38. The second-order valence-electron chi connectivity index (χ2n) is 8.75. The minimum Gasteiger partial charge on any atom is -0.494 e. The van der Waals surface area contributed by atoms with Crippen LogP contribution in [0.25, 0.3) is 0 Å². The number of carbonyl (C=O) groups is 1. The van der Waals surface area contributed by atoms with Crippen molar-refractivity contribution in [2.24, 2.45) is 5.92 Å². The summed E-state index contributed by atoms with van der Waals surface area (Å²) < 4.78 is 12.0. The number of nitrogens with zero attached hydrogens (tertiary/aromatic N) is 1. The molecule has 1 aromatic rings. The van der Waals surface area contributed by atoms with Gasteiger partial charge in [-0.1, -0.05) is 13.8 Å². The summed E-state index contributed by atoms with van der Waals surface area (Å²) in [5.41, 5.74) is 0.130. The Morgan fingerprint density at radius 1 is 1.14 bits per heavy atom. The predicted octanol–water partition coefficient (Wildman–Crippen LogP) is 4.87. The summed E-state index contributed by atoms with van der Waals surface area (Å²) in [4.78, 5) is 15.6. The van der Waals surface area contributed by atoms with E-state index in [0.717, 1.165) is 63.1 Å². The van der Waals surface area contributed by atoms with E-state index in [2.05, 4.69) is 24.1 Å². The highest BCUT2D eigenvalue weighted by Gasteiger charge is 2.42. The molecular weight excluding hydrogens is 364 g/mol. The lowest BCUT2D eigenvalue weighted by Crippen LogP contribution is -2.48. The number of anilines is 1. The molecule has 2 fully saturated rings. The summed E-state index contributed by atoms with van der Waals surface area (Å²) in [6.45, 7) is 9.28. The molecule has 1 aliphatic carbocycles. The quantitative estimate of drug-likeness (QED) is 0.568. The Labute approximate surface area is 176 Å². The lowest BCUT2D eigenvalue weighted by molar-refractivity contribution is -0.147. The molecule has 0 atom stereocenters. The van der Waals surface area contributed by atoms with Crippen LogP contribution in [-0.4, -0.2) is 49.3 Å². The van der Waals surface area contributed by atoms with Gasteiger partial charge in [0.25, 0.3) is 5.91 Å². The van der Waals surface area contributed by atoms with Gasteiger partial charge >= 0.3 is 0 Å².